The first-order valence-corrected chi connectivity index (χ1v) is 22.8. The van der Waals surface area contributed by atoms with E-state index in [1.807, 2.05) is 0 Å². The summed E-state index contributed by atoms with van der Waals surface area (Å²) in [5, 5.41) is 0. The van der Waals surface area contributed by atoms with E-state index in [1.165, 1.54) is 112 Å². The molecular weight excluding hydrogens is 771 g/mol. The van der Waals surface area contributed by atoms with E-state index in [0.717, 1.165) is 5.69 Å². The molecule has 0 fully saturated rings. The second-order valence-electron chi connectivity index (χ2n) is 19.4. The summed E-state index contributed by atoms with van der Waals surface area (Å²) in [6, 6.07) is 75.7. The molecule has 308 valence electrons. The minimum atomic E-state index is -0.490. The van der Waals surface area contributed by atoms with E-state index < -0.39 is 5.41 Å². The molecule has 0 heterocycles. The monoisotopic (exact) mass is 821 g/mol. The predicted molar refractivity (Wildman–Crippen MR) is 268 cm³/mol. The molecule has 0 saturated heterocycles. The molecule has 9 aromatic carbocycles. The van der Waals surface area contributed by atoms with E-state index in [9.17, 15) is 0 Å². The molecule has 1 heteroatoms. The Morgan fingerprint density at radius 3 is 1.33 bits per heavy atom. The third-order valence-corrected chi connectivity index (χ3v) is 15.1. The Labute approximate surface area is 378 Å². The molecule has 0 bridgehead atoms. The summed E-state index contributed by atoms with van der Waals surface area (Å²) in [6.45, 7) is 14.2. The molecule has 0 radical (unpaired) electrons. The quantitative estimate of drug-likeness (QED) is 0.167. The van der Waals surface area contributed by atoms with Crippen LogP contribution in [0.2, 0.25) is 0 Å². The van der Waals surface area contributed by atoms with Crippen molar-refractivity contribution < 1.29 is 0 Å². The van der Waals surface area contributed by atoms with Gasteiger partial charge in [-0.25, -0.2) is 0 Å². The number of rotatable bonds is 5. The Morgan fingerprint density at radius 2 is 0.719 bits per heavy atom. The summed E-state index contributed by atoms with van der Waals surface area (Å²) >= 11 is 0. The third-order valence-electron chi connectivity index (χ3n) is 15.1. The summed E-state index contributed by atoms with van der Waals surface area (Å²) in [5.41, 5.74) is 26.4. The Kier molecular flexibility index (Phi) is 8.35. The zero-order valence-corrected chi connectivity index (χ0v) is 37.5. The first-order chi connectivity index (χ1) is 31.1. The lowest BCUT2D eigenvalue weighted by Crippen LogP contribution is -2.40. The number of hydrogen-bond donors (Lipinski definition) is 0. The molecular formula is C63H51N. The molecule has 0 amide bonds. The first-order valence-electron chi connectivity index (χ1n) is 22.8. The van der Waals surface area contributed by atoms with E-state index >= 15 is 0 Å². The molecule has 1 nitrogen and oxygen atoms in total. The van der Waals surface area contributed by atoms with Gasteiger partial charge in [0.2, 0.25) is 0 Å². The van der Waals surface area contributed by atoms with Crippen molar-refractivity contribution in [3.05, 3.63) is 256 Å². The SMILES string of the molecule is Cc1cc(-c2cccc(-c3ccccc3)c2)cc(C)c1N(c1ccc2c(c1)C(C)(C)c1ccccc1-2)c1ccc2c(c1)C1(c3ccccc3-2)c2ccccc2C(C)(C)c2ccccc21. The zero-order valence-electron chi connectivity index (χ0n) is 37.5. The lowest BCUT2D eigenvalue weighted by atomic mass is 9.55. The molecule has 64 heavy (non-hydrogen) atoms. The zero-order chi connectivity index (χ0) is 43.5. The van der Waals surface area contributed by atoms with Crippen LogP contribution in [0.1, 0.15) is 83.3 Å². The number of benzene rings is 9. The Balaban J connectivity index is 1.10. The highest BCUT2D eigenvalue weighted by Crippen LogP contribution is 2.63. The van der Waals surface area contributed by atoms with Crippen LogP contribution in [0.15, 0.2) is 200 Å². The second kappa shape index (κ2) is 13.9. The lowest BCUT2D eigenvalue weighted by Gasteiger charge is -2.46. The smallest absolute Gasteiger partial charge is 0.0720 e. The fraction of sp³-hybridized carbons (Fsp3) is 0.143. The van der Waals surface area contributed by atoms with Crippen LogP contribution < -0.4 is 4.90 Å². The molecule has 3 aliphatic carbocycles. The molecule has 0 aromatic heterocycles. The molecule has 0 aliphatic heterocycles. The number of hydrogen-bond acceptors (Lipinski definition) is 1. The van der Waals surface area contributed by atoms with Gasteiger partial charge < -0.3 is 4.90 Å². The molecule has 0 N–H and O–H groups in total. The van der Waals surface area contributed by atoms with Crippen LogP contribution in [0.25, 0.3) is 44.5 Å². The van der Waals surface area contributed by atoms with Crippen molar-refractivity contribution in [2.24, 2.45) is 0 Å². The molecule has 0 saturated carbocycles. The van der Waals surface area contributed by atoms with Crippen LogP contribution in [0, 0.1) is 13.8 Å². The molecule has 0 atom stereocenters. The van der Waals surface area contributed by atoms with Crippen LogP contribution in [0.4, 0.5) is 17.1 Å². The third kappa shape index (κ3) is 5.31. The summed E-state index contributed by atoms with van der Waals surface area (Å²) < 4.78 is 0. The van der Waals surface area contributed by atoms with Crippen molar-refractivity contribution in [1.82, 2.24) is 0 Å². The normalized spacial score (nSPS) is 15.1. The van der Waals surface area contributed by atoms with Crippen LogP contribution in [0.5, 0.6) is 0 Å². The largest absolute Gasteiger partial charge is 0.310 e. The number of aryl methyl sites for hydroxylation is 2. The molecule has 1 spiro atoms. The molecule has 0 unspecified atom stereocenters. The van der Waals surface area contributed by atoms with Crippen LogP contribution in [-0.4, -0.2) is 0 Å². The fourth-order valence-electron chi connectivity index (χ4n) is 12.2. The van der Waals surface area contributed by atoms with Crippen molar-refractivity contribution in [3.8, 4) is 44.5 Å². The van der Waals surface area contributed by atoms with Gasteiger partial charge in [-0.15, -0.1) is 0 Å². The standard InChI is InChI=1S/C63H51N/c1-40-35-45(44-22-18-21-43(37-44)42-19-8-7-9-20-42)36-41(2)60(40)64(46-31-33-50-48-23-10-12-25-52(48)61(3,4)58(50)38-46)47-32-34-51-49-24-11-13-26-53(49)63(59(51)39-47)56-29-16-14-27-54(56)62(5,6)55-28-15-17-30-57(55)63/h7-39H,1-6H3. The van der Waals surface area contributed by atoms with Crippen LogP contribution >= 0.6 is 0 Å². The van der Waals surface area contributed by atoms with Gasteiger partial charge >= 0.3 is 0 Å². The summed E-state index contributed by atoms with van der Waals surface area (Å²) in [7, 11) is 0. The van der Waals surface area contributed by atoms with Crippen LogP contribution in [0.3, 0.4) is 0 Å². The Morgan fingerprint density at radius 1 is 0.297 bits per heavy atom. The average molecular weight is 822 g/mol. The summed E-state index contributed by atoms with van der Waals surface area (Å²) in [5.74, 6) is 0. The van der Waals surface area contributed by atoms with Gasteiger partial charge in [0, 0.05) is 22.2 Å². The van der Waals surface area contributed by atoms with Gasteiger partial charge in [0.15, 0.2) is 0 Å². The van der Waals surface area contributed by atoms with E-state index in [2.05, 4.69) is 247 Å². The molecule has 9 aromatic rings. The highest BCUT2D eigenvalue weighted by Gasteiger charge is 2.53. The fourth-order valence-corrected chi connectivity index (χ4v) is 12.2. The highest BCUT2D eigenvalue weighted by molar-refractivity contribution is 5.93. The summed E-state index contributed by atoms with van der Waals surface area (Å²) in [4.78, 5) is 2.57. The van der Waals surface area contributed by atoms with Gasteiger partial charge in [-0.05, 0) is 156 Å². The second-order valence-corrected chi connectivity index (χ2v) is 19.4. The lowest BCUT2D eigenvalue weighted by molar-refractivity contribution is 0.563. The average Bonchev–Trinajstić information content (AvgIpc) is 3.74. The van der Waals surface area contributed by atoms with Crippen molar-refractivity contribution in [1.29, 1.82) is 0 Å². The van der Waals surface area contributed by atoms with Gasteiger partial charge in [0.1, 0.15) is 0 Å². The van der Waals surface area contributed by atoms with Gasteiger partial charge in [-0.1, -0.05) is 185 Å². The number of fused-ring (bicyclic) bond motifs is 12. The first kappa shape index (κ1) is 38.5. The van der Waals surface area contributed by atoms with Gasteiger partial charge in [0.25, 0.3) is 0 Å². The van der Waals surface area contributed by atoms with E-state index in [4.69, 9.17) is 0 Å². The van der Waals surface area contributed by atoms with Crippen molar-refractivity contribution in [2.75, 3.05) is 4.90 Å². The Hall–Kier alpha value is -7.22. The van der Waals surface area contributed by atoms with Gasteiger partial charge in [-0.3, -0.25) is 0 Å². The maximum Gasteiger partial charge on any atom is 0.0720 e. The van der Waals surface area contributed by atoms with E-state index in [-0.39, 0.29) is 10.8 Å². The Bertz CT molecular complexity index is 3290. The molecule has 3 aliphatic rings. The minimum absolute atomic E-state index is 0.142. The van der Waals surface area contributed by atoms with Gasteiger partial charge in [-0.2, -0.15) is 0 Å². The number of anilines is 3. The minimum Gasteiger partial charge on any atom is -0.310 e. The van der Waals surface area contributed by atoms with Crippen molar-refractivity contribution in [2.45, 2.75) is 57.8 Å². The van der Waals surface area contributed by atoms with Crippen molar-refractivity contribution >= 4 is 17.1 Å². The summed E-state index contributed by atoms with van der Waals surface area (Å²) in [6.07, 6.45) is 0. The highest BCUT2D eigenvalue weighted by atomic mass is 15.1. The van der Waals surface area contributed by atoms with Crippen LogP contribution in [-0.2, 0) is 16.2 Å². The molecule has 12 rings (SSSR count). The van der Waals surface area contributed by atoms with E-state index in [0.29, 0.717) is 0 Å². The van der Waals surface area contributed by atoms with Gasteiger partial charge in [0.05, 0.1) is 11.1 Å². The van der Waals surface area contributed by atoms with Crippen molar-refractivity contribution in [3.63, 3.8) is 0 Å². The topological polar surface area (TPSA) is 3.24 Å². The number of nitrogens with zero attached hydrogens (tertiary/aromatic N) is 1. The van der Waals surface area contributed by atoms with E-state index in [1.54, 1.807) is 0 Å². The predicted octanol–water partition coefficient (Wildman–Crippen LogP) is 16.4. The maximum absolute atomic E-state index is 2.57. The maximum atomic E-state index is 2.57.